The zero-order valence-corrected chi connectivity index (χ0v) is 15.4. The Morgan fingerprint density at radius 2 is 1.83 bits per heavy atom. The number of methoxy groups -OCH3 is 1. The lowest BCUT2D eigenvalue weighted by Gasteiger charge is -2.00. The minimum atomic E-state index is -0.412. The standard InChI is InChI=1S/C20H17FN6O2/c1-29-15-8-4-13(5-9-15)16-11-17(25-24-16)19(28)23-20-22-18(26-27-20)10-12-2-6-14(21)7-3-12/h2-9,11H,10H2,1H3,(H,24,25)(H2,22,23,26,27,28). The average molecular weight is 392 g/mol. The summed E-state index contributed by atoms with van der Waals surface area (Å²) >= 11 is 0. The summed E-state index contributed by atoms with van der Waals surface area (Å²) in [5.41, 5.74) is 2.63. The minimum Gasteiger partial charge on any atom is -0.497 e. The third kappa shape index (κ3) is 4.29. The Morgan fingerprint density at radius 3 is 2.55 bits per heavy atom. The SMILES string of the molecule is COc1ccc(-c2cc(C(=O)Nc3n[nH]c(Cc4ccc(F)cc4)n3)[nH]n2)cc1. The van der Waals surface area contributed by atoms with Crippen molar-refractivity contribution in [2.75, 3.05) is 12.4 Å². The monoisotopic (exact) mass is 392 g/mol. The number of nitrogens with one attached hydrogen (secondary N) is 3. The maximum Gasteiger partial charge on any atom is 0.276 e. The molecule has 0 bridgehead atoms. The minimum absolute atomic E-state index is 0.146. The van der Waals surface area contributed by atoms with Crippen LogP contribution in [0.4, 0.5) is 10.3 Å². The van der Waals surface area contributed by atoms with Gasteiger partial charge in [0.15, 0.2) is 0 Å². The summed E-state index contributed by atoms with van der Waals surface area (Å²) in [6, 6.07) is 15.1. The van der Waals surface area contributed by atoms with Crippen molar-refractivity contribution in [1.29, 1.82) is 0 Å². The second-order valence-corrected chi connectivity index (χ2v) is 6.26. The van der Waals surface area contributed by atoms with E-state index in [1.54, 1.807) is 25.3 Å². The van der Waals surface area contributed by atoms with E-state index in [2.05, 4.69) is 30.7 Å². The summed E-state index contributed by atoms with van der Waals surface area (Å²) in [4.78, 5) is 16.7. The molecular formula is C20H17FN6O2. The lowest BCUT2D eigenvalue weighted by molar-refractivity contribution is 0.102. The number of aromatic nitrogens is 5. The first-order valence-corrected chi connectivity index (χ1v) is 8.77. The van der Waals surface area contributed by atoms with Gasteiger partial charge < -0.3 is 4.74 Å². The van der Waals surface area contributed by atoms with Gasteiger partial charge in [-0.15, -0.1) is 5.10 Å². The van der Waals surface area contributed by atoms with Crippen LogP contribution < -0.4 is 10.1 Å². The number of amides is 1. The number of benzene rings is 2. The third-order valence-corrected chi connectivity index (χ3v) is 4.25. The molecular weight excluding hydrogens is 375 g/mol. The molecule has 9 heteroatoms. The van der Waals surface area contributed by atoms with E-state index in [4.69, 9.17) is 4.74 Å². The van der Waals surface area contributed by atoms with Gasteiger partial charge in [-0.3, -0.25) is 20.3 Å². The predicted molar refractivity (Wildman–Crippen MR) is 104 cm³/mol. The first-order valence-electron chi connectivity index (χ1n) is 8.77. The molecule has 0 saturated heterocycles. The largest absolute Gasteiger partial charge is 0.497 e. The maximum atomic E-state index is 13.0. The van der Waals surface area contributed by atoms with Gasteiger partial charge in [0.05, 0.1) is 12.8 Å². The van der Waals surface area contributed by atoms with Crippen LogP contribution in [0.25, 0.3) is 11.3 Å². The van der Waals surface area contributed by atoms with E-state index in [0.29, 0.717) is 17.9 Å². The van der Waals surface area contributed by atoms with E-state index in [1.807, 2.05) is 24.3 Å². The highest BCUT2D eigenvalue weighted by Gasteiger charge is 2.14. The number of hydrogen-bond acceptors (Lipinski definition) is 5. The van der Waals surface area contributed by atoms with E-state index in [9.17, 15) is 9.18 Å². The van der Waals surface area contributed by atoms with Crippen LogP contribution >= 0.6 is 0 Å². The number of carbonyl (C=O) groups excluding carboxylic acids is 1. The first-order chi connectivity index (χ1) is 14.1. The van der Waals surface area contributed by atoms with Crippen LogP contribution in [0.1, 0.15) is 21.9 Å². The van der Waals surface area contributed by atoms with Crippen molar-refractivity contribution < 1.29 is 13.9 Å². The second-order valence-electron chi connectivity index (χ2n) is 6.26. The molecule has 0 saturated carbocycles. The van der Waals surface area contributed by atoms with Gasteiger partial charge in [0.2, 0.25) is 5.95 Å². The number of hydrogen-bond donors (Lipinski definition) is 3. The molecule has 2 heterocycles. The van der Waals surface area contributed by atoms with E-state index < -0.39 is 5.91 Å². The van der Waals surface area contributed by atoms with Crippen molar-refractivity contribution in [2.24, 2.45) is 0 Å². The molecule has 4 rings (SSSR count). The van der Waals surface area contributed by atoms with Crippen molar-refractivity contribution in [3.05, 3.63) is 77.5 Å². The molecule has 0 fully saturated rings. The molecule has 0 aliphatic rings. The van der Waals surface area contributed by atoms with Gasteiger partial charge in [-0.1, -0.05) is 12.1 Å². The van der Waals surface area contributed by atoms with Gasteiger partial charge in [0.25, 0.3) is 5.91 Å². The highest BCUT2D eigenvalue weighted by atomic mass is 19.1. The Labute approximate surface area is 165 Å². The molecule has 3 N–H and O–H groups in total. The van der Waals surface area contributed by atoms with Gasteiger partial charge in [-0.05, 0) is 48.0 Å². The van der Waals surface area contributed by atoms with Crippen molar-refractivity contribution in [2.45, 2.75) is 6.42 Å². The molecule has 0 spiro atoms. The highest BCUT2D eigenvalue weighted by molar-refractivity contribution is 6.02. The van der Waals surface area contributed by atoms with Crippen molar-refractivity contribution >= 4 is 11.9 Å². The molecule has 0 aliphatic heterocycles. The summed E-state index contributed by atoms with van der Waals surface area (Å²) < 4.78 is 18.1. The van der Waals surface area contributed by atoms with E-state index in [0.717, 1.165) is 16.9 Å². The molecule has 8 nitrogen and oxygen atoms in total. The second kappa shape index (κ2) is 7.93. The summed E-state index contributed by atoms with van der Waals surface area (Å²) in [7, 11) is 1.60. The number of H-pyrrole nitrogens is 2. The molecule has 29 heavy (non-hydrogen) atoms. The number of halogens is 1. The summed E-state index contributed by atoms with van der Waals surface area (Å²) in [5.74, 6) is 0.726. The molecule has 2 aromatic heterocycles. The fraction of sp³-hybridized carbons (Fsp3) is 0.100. The fourth-order valence-corrected chi connectivity index (χ4v) is 2.74. The topological polar surface area (TPSA) is 109 Å². The molecule has 1 amide bonds. The molecule has 146 valence electrons. The number of ether oxygens (including phenoxy) is 1. The Balaban J connectivity index is 1.41. The van der Waals surface area contributed by atoms with Crippen molar-refractivity contribution in [1.82, 2.24) is 25.4 Å². The molecule has 0 radical (unpaired) electrons. The normalized spacial score (nSPS) is 10.7. The van der Waals surface area contributed by atoms with Gasteiger partial charge >= 0.3 is 0 Å². The van der Waals surface area contributed by atoms with Crippen molar-refractivity contribution in [3.63, 3.8) is 0 Å². The van der Waals surface area contributed by atoms with Crippen LogP contribution in [0.3, 0.4) is 0 Å². The smallest absolute Gasteiger partial charge is 0.276 e. The molecule has 0 unspecified atom stereocenters. The summed E-state index contributed by atoms with van der Waals surface area (Å²) in [5, 5.41) is 16.2. The first kappa shape index (κ1) is 18.4. The quantitative estimate of drug-likeness (QED) is 0.467. The van der Waals surface area contributed by atoms with Crippen LogP contribution in [0.2, 0.25) is 0 Å². The Hall–Kier alpha value is -4.01. The van der Waals surface area contributed by atoms with Crippen LogP contribution in [-0.2, 0) is 6.42 Å². The summed E-state index contributed by atoms with van der Waals surface area (Å²) in [6.45, 7) is 0. The van der Waals surface area contributed by atoms with Gasteiger partial charge in [0.1, 0.15) is 23.1 Å². The van der Waals surface area contributed by atoms with Crippen LogP contribution in [0.5, 0.6) is 5.75 Å². The number of anilines is 1. The number of nitrogens with zero attached hydrogens (tertiary/aromatic N) is 3. The van der Waals surface area contributed by atoms with Gasteiger partial charge in [0, 0.05) is 12.0 Å². The molecule has 4 aromatic rings. The Kier molecular flexibility index (Phi) is 5.02. The van der Waals surface area contributed by atoms with Crippen LogP contribution in [0.15, 0.2) is 54.6 Å². The number of carbonyl (C=O) groups is 1. The van der Waals surface area contributed by atoms with Gasteiger partial charge in [-0.25, -0.2) is 4.39 Å². The Bertz CT molecular complexity index is 1120. The summed E-state index contributed by atoms with van der Waals surface area (Å²) in [6.07, 6.45) is 0.439. The highest BCUT2D eigenvalue weighted by Crippen LogP contribution is 2.21. The Morgan fingerprint density at radius 1 is 1.07 bits per heavy atom. The zero-order valence-electron chi connectivity index (χ0n) is 15.4. The lowest BCUT2D eigenvalue weighted by atomic mass is 10.1. The van der Waals surface area contributed by atoms with Crippen LogP contribution in [0, 0.1) is 5.82 Å². The molecule has 0 aliphatic carbocycles. The third-order valence-electron chi connectivity index (χ3n) is 4.25. The van der Waals surface area contributed by atoms with E-state index in [1.165, 1.54) is 12.1 Å². The predicted octanol–water partition coefficient (Wildman–Crippen LogP) is 3.19. The van der Waals surface area contributed by atoms with Crippen LogP contribution in [-0.4, -0.2) is 38.4 Å². The molecule has 2 aromatic carbocycles. The van der Waals surface area contributed by atoms with E-state index >= 15 is 0 Å². The number of aromatic amines is 2. The van der Waals surface area contributed by atoms with E-state index in [-0.39, 0.29) is 17.5 Å². The average Bonchev–Trinajstić information content (AvgIpc) is 3.40. The number of rotatable bonds is 6. The molecule has 0 atom stereocenters. The zero-order chi connectivity index (χ0) is 20.2. The maximum absolute atomic E-state index is 13.0. The van der Waals surface area contributed by atoms with Gasteiger partial charge in [-0.2, -0.15) is 10.1 Å². The van der Waals surface area contributed by atoms with Crippen molar-refractivity contribution in [3.8, 4) is 17.0 Å². The lowest BCUT2D eigenvalue weighted by Crippen LogP contribution is -2.13. The fourth-order valence-electron chi connectivity index (χ4n) is 2.74.